The molecule has 0 bridgehead atoms. The summed E-state index contributed by atoms with van der Waals surface area (Å²) in [5.74, 6) is -0.535. The second-order valence-electron chi connectivity index (χ2n) is 3.74. The Morgan fingerprint density at radius 2 is 2.25 bits per heavy atom. The van der Waals surface area contributed by atoms with Crippen LogP contribution in [0.1, 0.15) is 21.7 Å². The molecule has 88 valence electrons. The van der Waals surface area contributed by atoms with Crippen LogP contribution in [-0.2, 0) is 18.3 Å². The Labute approximate surface area is 94.0 Å². The second kappa shape index (κ2) is 4.78. The first-order valence-corrected chi connectivity index (χ1v) is 4.95. The Hall–Kier alpha value is -1.85. The van der Waals surface area contributed by atoms with Gasteiger partial charge in [-0.15, -0.1) is 0 Å². The summed E-state index contributed by atoms with van der Waals surface area (Å²) >= 11 is 0. The third kappa shape index (κ3) is 2.39. The molecule has 1 heterocycles. The minimum absolute atomic E-state index is 0.291. The summed E-state index contributed by atoms with van der Waals surface area (Å²) < 4.78 is 1.62. The molecule has 0 aliphatic rings. The molecule has 0 spiro atoms. The van der Waals surface area contributed by atoms with E-state index in [4.69, 9.17) is 5.73 Å². The summed E-state index contributed by atoms with van der Waals surface area (Å²) in [7, 11) is 3.44. The number of aryl methyl sites for hydroxylation is 1. The first-order chi connectivity index (χ1) is 7.47. The average Bonchev–Trinajstić information content (AvgIpc) is 2.53. The van der Waals surface area contributed by atoms with Gasteiger partial charge in [-0.2, -0.15) is 5.10 Å². The van der Waals surface area contributed by atoms with Gasteiger partial charge in [0.25, 0.3) is 5.91 Å². The lowest BCUT2D eigenvalue weighted by Gasteiger charge is -2.10. The van der Waals surface area contributed by atoms with Crippen LogP contribution in [0.3, 0.4) is 0 Å². The quantitative estimate of drug-likeness (QED) is 0.682. The molecule has 0 aromatic carbocycles. The molecule has 1 aromatic rings. The highest BCUT2D eigenvalue weighted by molar-refractivity contribution is 5.92. The Bertz CT molecular complexity index is 411. The molecular formula is C10H16N4O2. The number of hydrogen-bond donors (Lipinski definition) is 1. The van der Waals surface area contributed by atoms with Crippen LogP contribution in [-0.4, -0.2) is 40.6 Å². The van der Waals surface area contributed by atoms with E-state index >= 15 is 0 Å². The smallest absolute Gasteiger partial charge is 0.269 e. The summed E-state index contributed by atoms with van der Waals surface area (Å²) in [6.45, 7) is 2.41. The molecule has 1 rings (SSSR count). The van der Waals surface area contributed by atoms with Crippen molar-refractivity contribution >= 4 is 12.3 Å². The highest BCUT2D eigenvalue weighted by Gasteiger charge is 2.17. The van der Waals surface area contributed by atoms with Crippen molar-refractivity contribution in [3.8, 4) is 0 Å². The van der Waals surface area contributed by atoms with Crippen molar-refractivity contribution in [1.82, 2.24) is 14.7 Å². The van der Waals surface area contributed by atoms with Crippen molar-refractivity contribution in [3.63, 3.8) is 0 Å². The number of primary amides is 1. The third-order valence-electron chi connectivity index (χ3n) is 2.59. The van der Waals surface area contributed by atoms with Crippen molar-refractivity contribution in [2.24, 2.45) is 12.8 Å². The molecule has 1 aromatic heterocycles. The molecule has 6 heteroatoms. The van der Waals surface area contributed by atoms with Crippen molar-refractivity contribution in [2.45, 2.75) is 13.3 Å². The van der Waals surface area contributed by atoms with E-state index in [1.165, 1.54) is 4.90 Å². The fraction of sp³-hybridized carbons (Fsp3) is 0.500. The number of carbonyl (C=O) groups excluding carboxylic acids is 2. The van der Waals surface area contributed by atoms with Crippen LogP contribution in [0, 0.1) is 6.92 Å². The summed E-state index contributed by atoms with van der Waals surface area (Å²) in [5.41, 5.74) is 7.23. The van der Waals surface area contributed by atoms with Gasteiger partial charge in [-0.05, 0) is 13.3 Å². The summed E-state index contributed by atoms with van der Waals surface area (Å²) in [4.78, 5) is 23.1. The SMILES string of the molecule is Cc1c(CCN(C)C=O)c(C(N)=O)nn1C. The van der Waals surface area contributed by atoms with E-state index in [-0.39, 0.29) is 0 Å². The van der Waals surface area contributed by atoms with Crippen molar-refractivity contribution in [2.75, 3.05) is 13.6 Å². The van der Waals surface area contributed by atoms with Gasteiger partial charge in [-0.25, -0.2) is 0 Å². The van der Waals surface area contributed by atoms with Crippen LogP contribution < -0.4 is 5.73 Å². The molecule has 16 heavy (non-hydrogen) atoms. The van der Waals surface area contributed by atoms with Crippen LogP contribution >= 0.6 is 0 Å². The highest BCUT2D eigenvalue weighted by atomic mass is 16.1. The molecule has 0 saturated carbocycles. The van der Waals surface area contributed by atoms with E-state index in [0.717, 1.165) is 17.7 Å². The first-order valence-electron chi connectivity index (χ1n) is 4.95. The lowest BCUT2D eigenvalue weighted by atomic mass is 10.1. The van der Waals surface area contributed by atoms with Gasteiger partial charge in [0.1, 0.15) is 0 Å². The summed E-state index contributed by atoms with van der Waals surface area (Å²) in [5, 5.41) is 4.05. The van der Waals surface area contributed by atoms with E-state index in [1.807, 2.05) is 6.92 Å². The molecule has 2 amide bonds. The molecule has 0 aliphatic heterocycles. The van der Waals surface area contributed by atoms with E-state index in [9.17, 15) is 9.59 Å². The maximum atomic E-state index is 11.2. The molecule has 0 atom stereocenters. The number of nitrogens with zero attached hydrogens (tertiary/aromatic N) is 3. The molecule has 0 unspecified atom stereocenters. The van der Waals surface area contributed by atoms with E-state index in [1.54, 1.807) is 18.8 Å². The fourth-order valence-corrected chi connectivity index (χ4v) is 1.49. The van der Waals surface area contributed by atoms with Gasteiger partial charge < -0.3 is 10.6 Å². The summed E-state index contributed by atoms with van der Waals surface area (Å²) in [6, 6.07) is 0. The van der Waals surface area contributed by atoms with Gasteiger partial charge in [0.05, 0.1) is 0 Å². The minimum atomic E-state index is -0.535. The zero-order chi connectivity index (χ0) is 12.3. The van der Waals surface area contributed by atoms with Gasteiger partial charge >= 0.3 is 0 Å². The van der Waals surface area contributed by atoms with Gasteiger partial charge in [-0.3, -0.25) is 14.3 Å². The predicted molar refractivity (Wildman–Crippen MR) is 58.9 cm³/mol. The zero-order valence-electron chi connectivity index (χ0n) is 9.73. The number of nitrogens with two attached hydrogens (primary N) is 1. The van der Waals surface area contributed by atoms with E-state index in [2.05, 4.69) is 5.10 Å². The number of rotatable bonds is 5. The lowest BCUT2D eigenvalue weighted by molar-refractivity contribution is -0.116. The van der Waals surface area contributed by atoms with Gasteiger partial charge in [-0.1, -0.05) is 0 Å². The number of aromatic nitrogens is 2. The zero-order valence-corrected chi connectivity index (χ0v) is 9.73. The van der Waals surface area contributed by atoms with Crippen LogP contribution in [0.5, 0.6) is 0 Å². The van der Waals surface area contributed by atoms with E-state index < -0.39 is 5.91 Å². The number of hydrogen-bond acceptors (Lipinski definition) is 3. The van der Waals surface area contributed by atoms with Crippen LogP contribution in [0.15, 0.2) is 0 Å². The molecule has 0 saturated heterocycles. The lowest BCUT2D eigenvalue weighted by Crippen LogP contribution is -2.21. The molecule has 6 nitrogen and oxygen atoms in total. The average molecular weight is 224 g/mol. The van der Waals surface area contributed by atoms with Crippen LogP contribution in [0.2, 0.25) is 0 Å². The maximum Gasteiger partial charge on any atom is 0.269 e. The monoisotopic (exact) mass is 224 g/mol. The third-order valence-corrected chi connectivity index (χ3v) is 2.59. The minimum Gasteiger partial charge on any atom is -0.364 e. The van der Waals surface area contributed by atoms with Crippen molar-refractivity contribution in [1.29, 1.82) is 0 Å². The molecular weight excluding hydrogens is 208 g/mol. The van der Waals surface area contributed by atoms with Gasteiger partial charge in [0, 0.05) is 31.9 Å². The fourth-order valence-electron chi connectivity index (χ4n) is 1.49. The normalized spacial score (nSPS) is 10.2. The molecule has 2 N–H and O–H groups in total. The number of amides is 2. The Balaban J connectivity index is 2.93. The first kappa shape index (κ1) is 12.2. The standard InChI is InChI=1S/C10H16N4O2/c1-7-8(4-5-13(2)6-15)9(10(11)16)12-14(7)3/h6H,4-5H2,1-3H3,(H2,11,16). The maximum absolute atomic E-state index is 11.2. The van der Waals surface area contributed by atoms with E-state index in [0.29, 0.717) is 18.7 Å². The highest BCUT2D eigenvalue weighted by Crippen LogP contribution is 2.13. The number of likely N-dealkylation sites (N-methyl/N-ethyl adjacent to an activating group) is 1. The van der Waals surface area contributed by atoms with Crippen LogP contribution in [0.25, 0.3) is 0 Å². The van der Waals surface area contributed by atoms with Crippen molar-refractivity contribution in [3.05, 3.63) is 17.0 Å². The Morgan fingerprint density at radius 1 is 1.62 bits per heavy atom. The molecule has 0 radical (unpaired) electrons. The van der Waals surface area contributed by atoms with Gasteiger partial charge in [0.2, 0.25) is 6.41 Å². The van der Waals surface area contributed by atoms with Crippen molar-refractivity contribution < 1.29 is 9.59 Å². The second-order valence-corrected chi connectivity index (χ2v) is 3.74. The molecule has 0 fully saturated rings. The van der Waals surface area contributed by atoms with Crippen LogP contribution in [0.4, 0.5) is 0 Å². The van der Waals surface area contributed by atoms with Gasteiger partial charge in [0.15, 0.2) is 5.69 Å². The Morgan fingerprint density at radius 3 is 2.75 bits per heavy atom. The Kier molecular flexibility index (Phi) is 3.65. The molecule has 0 aliphatic carbocycles. The summed E-state index contributed by atoms with van der Waals surface area (Å²) in [6.07, 6.45) is 1.32. The largest absolute Gasteiger partial charge is 0.364 e. The topological polar surface area (TPSA) is 81.2 Å². The number of carbonyl (C=O) groups is 2. The predicted octanol–water partition coefficient (Wildman–Crippen LogP) is -0.542.